The van der Waals surface area contributed by atoms with E-state index in [-0.39, 0.29) is 18.0 Å². The van der Waals surface area contributed by atoms with Crippen LogP contribution in [0.15, 0.2) is 65.9 Å². The Morgan fingerprint density at radius 1 is 1.05 bits per heavy atom. The zero-order valence-corrected chi connectivity index (χ0v) is 23.0. The molecule has 0 fully saturated rings. The van der Waals surface area contributed by atoms with Crippen LogP contribution >= 0.6 is 0 Å². The first kappa shape index (κ1) is 29.8. The number of anilines is 1. The van der Waals surface area contributed by atoms with Crippen LogP contribution in [0.1, 0.15) is 33.3 Å². The Morgan fingerprint density at radius 2 is 1.72 bits per heavy atom. The molecule has 3 rings (SSSR count). The number of amides is 2. The Labute approximate surface area is 228 Å². The second-order valence-electron chi connectivity index (χ2n) is 10.5. The molecule has 0 aliphatic carbocycles. The van der Waals surface area contributed by atoms with E-state index in [0.717, 1.165) is 16.5 Å². The van der Waals surface area contributed by atoms with Crippen molar-refractivity contribution in [3.05, 3.63) is 66.4 Å². The molecule has 0 aliphatic heterocycles. The first-order chi connectivity index (χ1) is 18.5. The Balaban J connectivity index is 1.76. The molecule has 10 heteroatoms. The Kier molecular flexibility index (Phi) is 10.2. The van der Waals surface area contributed by atoms with Crippen LogP contribution in [0.25, 0.3) is 10.9 Å². The predicted molar refractivity (Wildman–Crippen MR) is 150 cm³/mol. The monoisotopic (exact) mass is 538 g/mol. The summed E-state index contributed by atoms with van der Waals surface area (Å²) in [5, 5.41) is 31.0. The fraction of sp³-hybridized carbons (Fsp3) is 0.414. The highest BCUT2D eigenvalue weighted by Gasteiger charge is 2.36. The number of aromatic amines is 1. The minimum atomic E-state index is -1.36. The van der Waals surface area contributed by atoms with Crippen molar-refractivity contribution in [2.75, 3.05) is 19.0 Å². The molecular weight excluding hydrogens is 500 g/mol. The highest BCUT2D eigenvalue weighted by Crippen LogP contribution is 2.25. The van der Waals surface area contributed by atoms with Gasteiger partial charge in [-0.15, -0.1) is 0 Å². The summed E-state index contributed by atoms with van der Waals surface area (Å²) in [6.45, 7) is 6.57. The number of hydrogen-bond acceptors (Lipinski definition) is 7. The number of oxime groups is 1. The number of rotatable bonds is 12. The molecule has 210 valence electrons. The maximum absolute atomic E-state index is 13.2. The van der Waals surface area contributed by atoms with Crippen molar-refractivity contribution in [1.29, 1.82) is 0 Å². The molecule has 2 unspecified atom stereocenters. The van der Waals surface area contributed by atoms with Gasteiger partial charge >= 0.3 is 0 Å². The number of fused-ring (bicyclic) bond motifs is 1. The average Bonchev–Trinajstić information content (AvgIpc) is 3.30. The van der Waals surface area contributed by atoms with Crippen molar-refractivity contribution in [3.63, 3.8) is 0 Å². The number of aliphatic hydroxyl groups excluding tert-OH is 2. The highest BCUT2D eigenvalue weighted by atomic mass is 16.6. The van der Waals surface area contributed by atoms with E-state index in [0.29, 0.717) is 5.69 Å². The molecule has 4 atom stereocenters. The molecule has 39 heavy (non-hydrogen) atoms. The SMILES string of the molecule is CO[C@H](/C(=N/OCC(=O)N[C@@H](Cc1c[nH]c2ccccc12)C(=O)Nc1ccccc1)C(O)C(C)O)C(C)(C)C. The molecule has 0 radical (unpaired) electrons. The first-order valence-electron chi connectivity index (χ1n) is 12.8. The normalized spacial score (nSPS) is 15.3. The summed E-state index contributed by atoms with van der Waals surface area (Å²) in [5.41, 5.74) is 1.98. The maximum atomic E-state index is 13.2. The summed E-state index contributed by atoms with van der Waals surface area (Å²) < 4.78 is 5.51. The van der Waals surface area contributed by atoms with Crippen LogP contribution < -0.4 is 10.6 Å². The van der Waals surface area contributed by atoms with Crippen LogP contribution in [0.3, 0.4) is 0 Å². The molecule has 1 heterocycles. The molecule has 5 N–H and O–H groups in total. The van der Waals surface area contributed by atoms with Gasteiger partial charge in [-0.1, -0.05) is 62.3 Å². The molecule has 3 aromatic rings. The standard InChI is InChI=1S/C29H38N4O6/c1-18(34)26(36)25(27(38-5)29(2,3)4)33-39-17-24(35)32-23(28(37)31-20-11-7-6-8-12-20)15-19-16-30-22-14-10-9-13-21(19)22/h6-14,16,18,23,26-27,30,34,36H,15,17H2,1-5H3,(H,31,37)(H,32,35)/b33-25+/t18?,23-,26?,27+/m0/s1. The number of aromatic nitrogens is 1. The van der Waals surface area contributed by atoms with Gasteiger partial charge in [-0.3, -0.25) is 9.59 Å². The first-order valence-corrected chi connectivity index (χ1v) is 12.8. The second kappa shape index (κ2) is 13.4. The number of para-hydroxylation sites is 2. The minimum absolute atomic E-state index is 0.0602. The molecule has 2 aromatic carbocycles. The third-order valence-corrected chi connectivity index (χ3v) is 6.21. The Hall–Kier alpha value is -3.73. The van der Waals surface area contributed by atoms with E-state index in [9.17, 15) is 19.8 Å². The Morgan fingerprint density at radius 3 is 2.36 bits per heavy atom. The van der Waals surface area contributed by atoms with Crippen molar-refractivity contribution in [2.24, 2.45) is 10.6 Å². The summed E-state index contributed by atoms with van der Waals surface area (Å²) in [5.74, 6) is -0.969. The summed E-state index contributed by atoms with van der Waals surface area (Å²) >= 11 is 0. The van der Waals surface area contributed by atoms with Gasteiger partial charge in [0.1, 0.15) is 24.0 Å². The number of aliphatic hydroxyl groups is 2. The van der Waals surface area contributed by atoms with Crippen molar-refractivity contribution >= 4 is 34.1 Å². The van der Waals surface area contributed by atoms with Crippen molar-refractivity contribution < 1.29 is 29.4 Å². The van der Waals surface area contributed by atoms with Crippen LogP contribution in [0.5, 0.6) is 0 Å². The smallest absolute Gasteiger partial charge is 0.261 e. The van der Waals surface area contributed by atoms with Crippen molar-refractivity contribution in [3.8, 4) is 0 Å². The number of benzene rings is 2. The van der Waals surface area contributed by atoms with E-state index in [1.807, 2.05) is 57.3 Å². The summed E-state index contributed by atoms with van der Waals surface area (Å²) in [6, 6.07) is 15.8. The number of nitrogens with one attached hydrogen (secondary N) is 3. The van der Waals surface area contributed by atoms with Crippen LogP contribution in [-0.4, -0.2) is 70.8 Å². The topological polar surface area (TPSA) is 145 Å². The largest absolute Gasteiger partial charge is 0.390 e. The number of ether oxygens (including phenoxy) is 1. The van der Waals surface area contributed by atoms with E-state index in [1.54, 1.807) is 24.3 Å². The van der Waals surface area contributed by atoms with Gasteiger partial charge in [-0.2, -0.15) is 0 Å². The molecule has 0 bridgehead atoms. The number of hydrogen-bond donors (Lipinski definition) is 5. The van der Waals surface area contributed by atoms with Gasteiger partial charge in [0.15, 0.2) is 6.61 Å². The minimum Gasteiger partial charge on any atom is -0.390 e. The zero-order chi connectivity index (χ0) is 28.6. The summed E-state index contributed by atoms with van der Waals surface area (Å²) in [7, 11) is 1.47. The van der Waals surface area contributed by atoms with Crippen LogP contribution in [-0.2, 0) is 25.6 Å². The van der Waals surface area contributed by atoms with Crippen LogP contribution in [0, 0.1) is 5.41 Å². The van der Waals surface area contributed by atoms with Gasteiger partial charge in [-0.25, -0.2) is 0 Å². The van der Waals surface area contributed by atoms with E-state index >= 15 is 0 Å². The molecule has 0 saturated carbocycles. The average molecular weight is 539 g/mol. The number of carbonyl (C=O) groups excluding carboxylic acids is 2. The molecule has 10 nitrogen and oxygen atoms in total. The van der Waals surface area contributed by atoms with Gasteiger partial charge in [0.2, 0.25) is 5.91 Å². The van der Waals surface area contributed by atoms with Crippen LogP contribution in [0.2, 0.25) is 0 Å². The lowest BCUT2D eigenvalue weighted by atomic mass is 9.83. The van der Waals surface area contributed by atoms with E-state index in [4.69, 9.17) is 9.57 Å². The van der Waals surface area contributed by atoms with E-state index < -0.39 is 42.3 Å². The van der Waals surface area contributed by atoms with Gasteiger partial charge in [0, 0.05) is 36.3 Å². The number of H-pyrrole nitrogens is 1. The molecule has 1 aromatic heterocycles. The molecule has 0 saturated heterocycles. The maximum Gasteiger partial charge on any atom is 0.261 e. The number of nitrogens with zero attached hydrogens (tertiary/aromatic N) is 1. The molecule has 0 aliphatic rings. The van der Waals surface area contributed by atoms with Gasteiger partial charge in [0.05, 0.1) is 6.10 Å². The second-order valence-corrected chi connectivity index (χ2v) is 10.5. The lowest BCUT2D eigenvalue weighted by Gasteiger charge is -2.32. The quantitative estimate of drug-likeness (QED) is 0.177. The lowest BCUT2D eigenvalue weighted by Crippen LogP contribution is -2.47. The summed E-state index contributed by atoms with van der Waals surface area (Å²) in [4.78, 5) is 34.6. The fourth-order valence-corrected chi connectivity index (χ4v) is 4.30. The van der Waals surface area contributed by atoms with E-state index in [2.05, 4.69) is 20.8 Å². The molecular formula is C29H38N4O6. The zero-order valence-electron chi connectivity index (χ0n) is 23.0. The fourth-order valence-electron chi connectivity index (χ4n) is 4.30. The van der Waals surface area contributed by atoms with Crippen LogP contribution in [0.4, 0.5) is 5.69 Å². The Bertz CT molecular complexity index is 1270. The summed E-state index contributed by atoms with van der Waals surface area (Å²) in [6.07, 6.45) is -1.12. The molecule has 0 spiro atoms. The van der Waals surface area contributed by atoms with Gasteiger partial charge < -0.3 is 35.4 Å². The molecule has 2 amide bonds. The van der Waals surface area contributed by atoms with E-state index in [1.165, 1.54) is 14.0 Å². The third-order valence-electron chi connectivity index (χ3n) is 6.21. The lowest BCUT2D eigenvalue weighted by molar-refractivity contribution is -0.129. The van der Waals surface area contributed by atoms with Crippen molar-refractivity contribution in [1.82, 2.24) is 10.3 Å². The van der Waals surface area contributed by atoms with Gasteiger partial charge in [-0.05, 0) is 36.1 Å². The van der Waals surface area contributed by atoms with Gasteiger partial charge in [0.25, 0.3) is 5.91 Å². The van der Waals surface area contributed by atoms with Crippen molar-refractivity contribution in [2.45, 2.75) is 58.5 Å². The predicted octanol–water partition coefficient (Wildman–Crippen LogP) is 3.01. The number of carbonyl (C=O) groups is 2. The third kappa shape index (κ3) is 8.13. The highest BCUT2D eigenvalue weighted by molar-refractivity contribution is 5.98. The number of methoxy groups -OCH3 is 1.